The van der Waals surface area contributed by atoms with E-state index < -0.39 is 5.97 Å². The van der Waals surface area contributed by atoms with Crippen molar-refractivity contribution in [1.82, 2.24) is 15.5 Å². The summed E-state index contributed by atoms with van der Waals surface area (Å²) in [5, 5.41) is 14.3. The Morgan fingerprint density at radius 3 is 2.24 bits per heavy atom. The summed E-state index contributed by atoms with van der Waals surface area (Å²) in [5.74, 6) is -0.808. The molecule has 0 saturated heterocycles. The van der Waals surface area contributed by atoms with E-state index in [4.69, 9.17) is 5.11 Å². The highest BCUT2D eigenvalue weighted by molar-refractivity contribution is 5.75. The van der Waals surface area contributed by atoms with E-state index in [0.717, 1.165) is 19.4 Å². The molecule has 1 unspecified atom stereocenters. The van der Waals surface area contributed by atoms with Gasteiger partial charge in [-0.2, -0.15) is 0 Å². The van der Waals surface area contributed by atoms with Crippen LogP contribution in [-0.2, 0) is 4.79 Å². The third-order valence-corrected chi connectivity index (χ3v) is 3.62. The van der Waals surface area contributed by atoms with Crippen LogP contribution in [-0.4, -0.2) is 54.2 Å². The first-order chi connectivity index (χ1) is 9.73. The Labute approximate surface area is 128 Å². The maximum absolute atomic E-state index is 11.7. The fraction of sp³-hybridized carbons (Fsp3) is 0.867. The fourth-order valence-corrected chi connectivity index (χ4v) is 1.81. The van der Waals surface area contributed by atoms with Crippen molar-refractivity contribution < 1.29 is 14.7 Å². The zero-order valence-corrected chi connectivity index (χ0v) is 14.0. The average molecular weight is 301 g/mol. The normalized spacial score (nSPS) is 12.8. The molecule has 0 rings (SSSR count). The van der Waals surface area contributed by atoms with Crippen LogP contribution in [0.2, 0.25) is 0 Å². The Morgan fingerprint density at radius 1 is 1.14 bits per heavy atom. The largest absolute Gasteiger partial charge is 0.481 e. The highest BCUT2D eigenvalue weighted by atomic mass is 16.4. The molecule has 0 radical (unpaired) electrons. The average Bonchev–Trinajstić information content (AvgIpc) is 2.36. The Morgan fingerprint density at radius 2 is 1.76 bits per heavy atom. The summed E-state index contributed by atoms with van der Waals surface area (Å²) in [4.78, 5) is 24.7. The topological polar surface area (TPSA) is 81.7 Å². The van der Waals surface area contributed by atoms with Crippen LogP contribution in [0, 0.1) is 5.92 Å². The van der Waals surface area contributed by atoms with Gasteiger partial charge in [0, 0.05) is 18.6 Å². The summed E-state index contributed by atoms with van der Waals surface area (Å²) in [6, 6.07) is -0.0918. The smallest absolute Gasteiger partial charge is 0.315 e. The van der Waals surface area contributed by atoms with E-state index in [0.29, 0.717) is 12.6 Å². The van der Waals surface area contributed by atoms with Crippen LogP contribution < -0.4 is 10.6 Å². The lowest BCUT2D eigenvalue weighted by molar-refractivity contribution is -0.137. The van der Waals surface area contributed by atoms with Crippen LogP contribution in [0.3, 0.4) is 0 Å². The summed E-state index contributed by atoms with van der Waals surface area (Å²) in [7, 11) is 2.09. The van der Waals surface area contributed by atoms with Gasteiger partial charge in [0.2, 0.25) is 0 Å². The third-order valence-electron chi connectivity index (χ3n) is 3.62. The van der Waals surface area contributed by atoms with Crippen molar-refractivity contribution in [3.8, 4) is 0 Å². The first-order valence-electron chi connectivity index (χ1n) is 7.70. The van der Waals surface area contributed by atoms with Gasteiger partial charge in [0.25, 0.3) is 0 Å². The molecule has 0 aromatic rings. The van der Waals surface area contributed by atoms with Gasteiger partial charge in [-0.1, -0.05) is 13.8 Å². The molecule has 0 spiro atoms. The molecular formula is C15H31N3O3. The maximum atomic E-state index is 11.7. The van der Waals surface area contributed by atoms with Gasteiger partial charge in [-0.3, -0.25) is 4.79 Å². The number of amides is 2. The van der Waals surface area contributed by atoms with Gasteiger partial charge in [-0.15, -0.1) is 0 Å². The van der Waals surface area contributed by atoms with E-state index in [2.05, 4.69) is 36.4 Å². The van der Waals surface area contributed by atoms with Crippen LogP contribution >= 0.6 is 0 Å². The zero-order valence-electron chi connectivity index (χ0n) is 14.0. The second kappa shape index (κ2) is 10.4. The molecule has 3 N–H and O–H groups in total. The molecular weight excluding hydrogens is 270 g/mol. The van der Waals surface area contributed by atoms with Gasteiger partial charge in [0.1, 0.15) is 0 Å². The molecule has 0 aliphatic rings. The first-order valence-corrected chi connectivity index (χ1v) is 7.70. The summed E-state index contributed by atoms with van der Waals surface area (Å²) in [6.45, 7) is 9.72. The number of nitrogens with zero attached hydrogens (tertiary/aromatic N) is 1. The molecule has 0 saturated carbocycles. The van der Waals surface area contributed by atoms with Crippen LogP contribution in [0.1, 0.15) is 47.0 Å². The van der Waals surface area contributed by atoms with Crippen LogP contribution in [0.5, 0.6) is 0 Å². The van der Waals surface area contributed by atoms with Crippen molar-refractivity contribution in [3.05, 3.63) is 0 Å². The number of hydrogen-bond acceptors (Lipinski definition) is 3. The van der Waals surface area contributed by atoms with Crippen molar-refractivity contribution >= 4 is 12.0 Å². The van der Waals surface area contributed by atoms with E-state index >= 15 is 0 Å². The minimum atomic E-state index is -0.897. The fourth-order valence-electron chi connectivity index (χ4n) is 1.81. The number of aliphatic carboxylic acids is 1. The predicted molar refractivity (Wildman–Crippen MR) is 84.4 cm³/mol. The van der Waals surface area contributed by atoms with Gasteiger partial charge in [0.05, 0.1) is 6.42 Å². The number of carbonyl (C=O) groups excluding carboxylic acids is 1. The van der Waals surface area contributed by atoms with Gasteiger partial charge in [-0.05, 0) is 46.2 Å². The first kappa shape index (κ1) is 19.7. The second-order valence-electron chi connectivity index (χ2n) is 6.13. The number of nitrogens with one attached hydrogen (secondary N) is 2. The van der Waals surface area contributed by atoms with Crippen LogP contribution in [0.4, 0.5) is 4.79 Å². The number of unbranched alkanes of at least 4 members (excludes halogenated alkanes) is 1. The van der Waals surface area contributed by atoms with E-state index in [1.165, 1.54) is 0 Å². The molecule has 0 bridgehead atoms. The van der Waals surface area contributed by atoms with Crippen molar-refractivity contribution in [2.24, 2.45) is 5.92 Å². The molecule has 0 aliphatic heterocycles. The Kier molecular flexibility index (Phi) is 9.78. The minimum Gasteiger partial charge on any atom is -0.481 e. The van der Waals surface area contributed by atoms with Crippen molar-refractivity contribution in [2.45, 2.75) is 59.0 Å². The lowest BCUT2D eigenvalue weighted by Crippen LogP contribution is -2.45. The Hall–Kier alpha value is -1.30. The van der Waals surface area contributed by atoms with Gasteiger partial charge in [-0.25, -0.2) is 4.79 Å². The third kappa shape index (κ3) is 10.1. The number of hydrogen-bond donors (Lipinski definition) is 3. The minimum absolute atomic E-state index is 0.0513. The van der Waals surface area contributed by atoms with Gasteiger partial charge in [0.15, 0.2) is 0 Å². The number of carbonyl (C=O) groups is 2. The lowest BCUT2D eigenvalue weighted by atomic mass is 10.0. The summed E-state index contributed by atoms with van der Waals surface area (Å²) in [5.41, 5.74) is 0. The summed E-state index contributed by atoms with van der Waals surface area (Å²) < 4.78 is 0. The van der Waals surface area contributed by atoms with E-state index in [-0.39, 0.29) is 24.4 Å². The number of rotatable bonds is 10. The zero-order chi connectivity index (χ0) is 16.4. The molecule has 21 heavy (non-hydrogen) atoms. The molecule has 6 heteroatoms. The van der Waals surface area contributed by atoms with Crippen LogP contribution in [0.25, 0.3) is 0 Å². The van der Waals surface area contributed by atoms with E-state index in [1.807, 2.05) is 13.8 Å². The highest BCUT2D eigenvalue weighted by Crippen LogP contribution is 2.05. The Bertz CT molecular complexity index is 319. The Balaban J connectivity index is 3.85. The molecule has 0 heterocycles. The standard InChI is InChI=1S/C15H31N3O3/c1-11(2)13(10-14(19)20)17-15(21)16-8-6-7-9-18(5)12(3)4/h11-13H,6-10H2,1-5H3,(H,19,20)(H2,16,17,21). The number of carboxylic acid groups (broad SMARTS) is 1. The van der Waals surface area contributed by atoms with Crippen molar-refractivity contribution in [3.63, 3.8) is 0 Å². The molecule has 0 aliphatic carbocycles. The molecule has 1 atom stereocenters. The number of carboxylic acids is 1. The van der Waals surface area contributed by atoms with Crippen LogP contribution in [0.15, 0.2) is 0 Å². The van der Waals surface area contributed by atoms with E-state index in [1.54, 1.807) is 0 Å². The summed E-state index contributed by atoms with van der Waals surface area (Å²) in [6.07, 6.45) is 1.89. The monoisotopic (exact) mass is 301 g/mol. The number of urea groups is 1. The molecule has 0 fully saturated rings. The quantitative estimate of drug-likeness (QED) is 0.538. The lowest BCUT2D eigenvalue weighted by Gasteiger charge is -2.22. The maximum Gasteiger partial charge on any atom is 0.315 e. The molecule has 6 nitrogen and oxygen atoms in total. The molecule has 0 aromatic heterocycles. The van der Waals surface area contributed by atoms with E-state index in [9.17, 15) is 9.59 Å². The van der Waals surface area contributed by atoms with Crippen molar-refractivity contribution in [1.29, 1.82) is 0 Å². The summed E-state index contributed by atoms with van der Waals surface area (Å²) >= 11 is 0. The second-order valence-corrected chi connectivity index (χ2v) is 6.13. The molecule has 0 aromatic carbocycles. The molecule has 2 amide bonds. The SMILES string of the molecule is CC(C)C(CC(=O)O)NC(=O)NCCCCN(C)C(C)C. The van der Waals surface area contributed by atoms with Gasteiger partial charge < -0.3 is 20.6 Å². The highest BCUT2D eigenvalue weighted by Gasteiger charge is 2.18. The molecule has 124 valence electrons. The van der Waals surface area contributed by atoms with Gasteiger partial charge >= 0.3 is 12.0 Å². The van der Waals surface area contributed by atoms with Crippen molar-refractivity contribution in [2.75, 3.05) is 20.1 Å². The predicted octanol–water partition coefficient (Wildman–Crippen LogP) is 1.91.